The Morgan fingerprint density at radius 1 is 1.22 bits per heavy atom. The fraction of sp³-hybridized carbons (Fsp3) is 0.143. The zero-order chi connectivity index (χ0) is 6.85. The predicted molar refractivity (Wildman–Crippen MR) is 29.9 cm³/mol. The highest BCUT2D eigenvalue weighted by atomic mass is 19.1. The summed E-state index contributed by atoms with van der Waals surface area (Å²) in [5, 5.41) is 0. The van der Waals surface area contributed by atoms with E-state index in [-0.39, 0.29) is 5.56 Å². The van der Waals surface area contributed by atoms with Gasteiger partial charge < -0.3 is 0 Å². The third-order valence-electron chi connectivity index (χ3n) is 1.14. The molecule has 0 aliphatic heterocycles. The van der Waals surface area contributed by atoms with Crippen LogP contribution in [0, 0.1) is 24.6 Å². The van der Waals surface area contributed by atoms with Gasteiger partial charge in [0.15, 0.2) is 0 Å². The first-order valence-corrected chi connectivity index (χ1v) is 2.53. The molecule has 0 saturated heterocycles. The van der Waals surface area contributed by atoms with Gasteiger partial charge in [0.05, 0.1) is 0 Å². The summed E-state index contributed by atoms with van der Waals surface area (Å²) in [5.74, 6) is -1.09. The first-order chi connectivity index (χ1) is 4.22. The van der Waals surface area contributed by atoms with E-state index < -0.39 is 11.6 Å². The van der Waals surface area contributed by atoms with Crippen molar-refractivity contribution in [1.82, 2.24) is 0 Å². The zero-order valence-corrected chi connectivity index (χ0v) is 4.91. The van der Waals surface area contributed by atoms with E-state index in [1.807, 2.05) is 0 Å². The molecule has 0 saturated carbocycles. The molecule has 0 fully saturated rings. The largest absolute Gasteiger partial charge is 0.207 e. The van der Waals surface area contributed by atoms with Gasteiger partial charge in [0.25, 0.3) is 0 Å². The molecule has 0 unspecified atom stereocenters. The van der Waals surface area contributed by atoms with E-state index in [1.54, 1.807) is 0 Å². The lowest BCUT2D eigenvalue weighted by Crippen LogP contribution is -1.85. The minimum Gasteiger partial charge on any atom is -0.207 e. The van der Waals surface area contributed by atoms with Crippen molar-refractivity contribution >= 4 is 0 Å². The predicted octanol–water partition coefficient (Wildman–Crippen LogP) is 2.07. The molecule has 0 amide bonds. The number of hydrogen-bond acceptors (Lipinski definition) is 0. The molecule has 1 aromatic rings. The number of rotatable bonds is 0. The molecule has 1 rings (SSSR count). The average Bonchev–Trinajstić information content (AvgIpc) is 1.83. The smallest absolute Gasteiger partial charge is 0.129 e. The average molecular weight is 127 g/mol. The van der Waals surface area contributed by atoms with Gasteiger partial charge in [0.2, 0.25) is 0 Å². The monoisotopic (exact) mass is 127 g/mol. The third-order valence-corrected chi connectivity index (χ3v) is 1.14. The molecule has 0 aliphatic carbocycles. The molecule has 0 N–H and O–H groups in total. The molecule has 0 aliphatic rings. The molecule has 0 heterocycles. The highest BCUT2D eigenvalue weighted by Crippen LogP contribution is 2.08. The fourth-order valence-electron chi connectivity index (χ4n) is 0.519. The van der Waals surface area contributed by atoms with Gasteiger partial charge in [-0.3, -0.25) is 0 Å². The maximum absolute atomic E-state index is 12.3. The molecule has 0 atom stereocenters. The zero-order valence-electron chi connectivity index (χ0n) is 4.91. The van der Waals surface area contributed by atoms with E-state index in [0.717, 1.165) is 12.1 Å². The van der Waals surface area contributed by atoms with Crippen molar-refractivity contribution < 1.29 is 8.78 Å². The Hall–Kier alpha value is -0.920. The highest BCUT2D eigenvalue weighted by molar-refractivity contribution is 5.16. The molecule has 0 bridgehead atoms. The lowest BCUT2D eigenvalue weighted by Gasteiger charge is -1.93. The van der Waals surface area contributed by atoms with E-state index in [2.05, 4.69) is 6.07 Å². The Labute approximate surface area is 52.1 Å². The van der Waals surface area contributed by atoms with Crippen LogP contribution < -0.4 is 0 Å². The molecule has 1 aromatic carbocycles. The number of hydrogen-bond donors (Lipinski definition) is 0. The SMILES string of the molecule is Cc1c(F)c[c]cc1F. The van der Waals surface area contributed by atoms with Gasteiger partial charge >= 0.3 is 0 Å². The van der Waals surface area contributed by atoms with Crippen molar-refractivity contribution in [3.63, 3.8) is 0 Å². The highest BCUT2D eigenvalue weighted by Gasteiger charge is 1.99. The van der Waals surface area contributed by atoms with Crippen LogP contribution in [0.4, 0.5) is 8.78 Å². The normalized spacial score (nSPS) is 9.67. The van der Waals surface area contributed by atoms with Crippen LogP contribution in [0.3, 0.4) is 0 Å². The summed E-state index contributed by atoms with van der Waals surface area (Å²) in [6.45, 7) is 1.39. The lowest BCUT2D eigenvalue weighted by atomic mass is 10.2. The van der Waals surface area contributed by atoms with E-state index in [9.17, 15) is 8.78 Å². The van der Waals surface area contributed by atoms with E-state index in [0.29, 0.717) is 0 Å². The first-order valence-electron chi connectivity index (χ1n) is 2.53. The molecule has 9 heavy (non-hydrogen) atoms. The lowest BCUT2D eigenvalue weighted by molar-refractivity contribution is 0.567. The third kappa shape index (κ3) is 1.07. The summed E-state index contributed by atoms with van der Waals surface area (Å²) in [7, 11) is 0. The Balaban J connectivity index is 3.25. The standard InChI is InChI=1S/C7H5F2/c1-5-6(8)3-2-4-7(5)9/h3-4H,1H3. The van der Waals surface area contributed by atoms with Gasteiger partial charge in [-0.15, -0.1) is 0 Å². The van der Waals surface area contributed by atoms with Crippen LogP contribution in [0.25, 0.3) is 0 Å². The number of halogens is 2. The van der Waals surface area contributed by atoms with Crippen molar-refractivity contribution in [2.45, 2.75) is 6.92 Å². The van der Waals surface area contributed by atoms with Crippen molar-refractivity contribution in [1.29, 1.82) is 0 Å². The topological polar surface area (TPSA) is 0 Å². The summed E-state index contributed by atoms with van der Waals surface area (Å²) in [6, 6.07) is 4.54. The minimum atomic E-state index is -0.546. The summed E-state index contributed by atoms with van der Waals surface area (Å²) in [5.41, 5.74) is 0.0498. The van der Waals surface area contributed by atoms with Gasteiger partial charge in [0.1, 0.15) is 11.6 Å². The molecule has 1 radical (unpaired) electrons. The first kappa shape index (κ1) is 6.20. The fourth-order valence-corrected chi connectivity index (χ4v) is 0.519. The maximum atomic E-state index is 12.3. The summed E-state index contributed by atoms with van der Waals surface area (Å²) >= 11 is 0. The second-order valence-corrected chi connectivity index (χ2v) is 1.78. The van der Waals surface area contributed by atoms with Crippen LogP contribution in [0.2, 0.25) is 0 Å². The molecule has 2 heteroatoms. The Morgan fingerprint density at radius 2 is 1.67 bits per heavy atom. The second kappa shape index (κ2) is 2.13. The Kier molecular flexibility index (Phi) is 1.47. The van der Waals surface area contributed by atoms with E-state index >= 15 is 0 Å². The maximum Gasteiger partial charge on any atom is 0.129 e. The quantitative estimate of drug-likeness (QED) is 0.500. The van der Waals surface area contributed by atoms with Crippen molar-refractivity contribution in [3.05, 3.63) is 35.4 Å². The molecular formula is C7H5F2. The van der Waals surface area contributed by atoms with Crippen LogP contribution in [0.5, 0.6) is 0 Å². The Bertz CT molecular complexity index is 198. The second-order valence-electron chi connectivity index (χ2n) is 1.78. The van der Waals surface area contributed by atoms with Crippen LogP contribution in [0.15, 0.2) is 12.1 Å². The minimum absolute atomic E-state index is 0.0498. The van der Waals surface area contributed by atoms with Crippen molar-refractivity contribution in [2.24, 2.45) is 0 Å². The van der Waals surface area contributed by atoms with Gasteiger partial charge in [0, 0.05) is 5.56 Å². The molecule has 0 spiro atoms. The molecule has 0 aromatic heterocycles. The molecule has 47 valence electrons. The van der Waals surface area contributed by atoms with Crippen molar-refractivity contribution in [3.8, 4) is 0 Å². The van der Waals surface area contributed by atoms with E-state index in [1.165, 1.54) is 6.92 Å². The van der Waals surface area contributed by atoms with Gasteiger partial charge in [-0.25, -0.2) is 8.78 Å². The number of benzene rings is 1. The van der Waals surface area contributed by atoms with Crippen molar-refractivity contribution in [2.75, 3.05) is 0 Å². The summed E-state index contributed by atoms with van der Waals surface area (Å²) in [4.78, 5) is 0. The van der Waals surface area contributed by atoms with Crippen LogP contribution in [-0.4, -0.2) is 0 Å². The molecular weight excluding hydrogens is 122 g/mol. The molecule has 0 nitrogen and oxygen atoms in total. The summed E-state index contributed by atoms with van der Waals surface area (Å²) in [6.07, 6.45) is 0. The van der Waals surface area contributed by atoms with Crippen LogP contribution in [0.1, 0.15) is 5.56 Å². The van der Waals surface area contributed by atoms with Gasteiger partial charge in [-0.05, 0) is 25.1 Å². The van der Waals surface area contributed by atoms with Crippen LogP contribution >= 0.6 is 0 Å². The van der Waals surface area contributed by atoms with E-state index in [4.69, 9.17) is 0 Å². The summed E-state index contributed by atoms with van der Waals surface area (Å²) < 4.78 is 24.6. The van der Waals surface area contributed by atoms with Gasteiger partial charge in [-0.1, -0.05) is 0 Å². The Morgan fingerprint density at radius 3 is 2.00 bits per heavy atom. The van der Waals surface area contributed by atoms with Crippen LogP contribution in [-0.2, 0) is 0 Å². The van der Waals surface area contributed by atoms with Gasteiger partial charge in [-0.2, -0.15) is 0 Å².